The lowest BCUT2D eigenvalue weighted by atomic mass is 10.1. The summed E-state index contributed by atoms with van der Waals surface area (Å²) in [5.41, 5.74) is 2.57. The van der Waals surface area contributed by atoms with Crippen molar-refractivity contribution in [1.29, 1.82) is 0 Å². The van der Waals surface area contributed by atoms with Gasteiger partial charge in [-0.3, -0.25) is 0 Å². The van der Waals surface area contributed by atoms with Crippen molar-refractivity contribution in [2.24, 2.45) is 0 Å². The second-order valence-corrected chi connectivity index (χ2v) is 5.68. The van der Waals surface area contributed by atoms with Crippen LogP contribution in [0.5, 0.6) is 5.75 Å². The molecule has 0 spiro atoms. The number of rotatable bonds is 3. The predicted molar refractivity (Wildman–Crippen MR) is 72.3 cm³/mol. The third-order valence-corrected chi connectivity index (χ3v) is 4.15. The Labute approximate surface area is 108 Å². The van der Waals surface area contributed by atoms with Crippen LogP contribution in [0.15, 0.2) is 34.1 Å². The van der Waals surface area contributed by atoms with Gasteiger partial charge in [0.25, 0.3) is 0 Å². The molecule has 0 fully saturated rings. The Morgan fingerprint density at radius 3 is 2.62 bits per heavy atom. The average molecular weight is 297 g/mol. The fourth-order valence-corrected chi connectivity index (χ4v) is 2.75. The molecule has 1 aromatic heterocycles. The molecule has 0 radical (unpaired) electrons. The smallest absolute Gasteiger partial charge is 0.122 e. The van der Waals surface area contributed by atoms with Crippen molar-refractivity contribution >= 4 is 27.3 Å². The molecule has 0 saturated carbocycles. The molecule has 1 aromatic carbocycles. The highest BCUT2D eigenvalue weighted by Crippen LogP contribution is 2.22. The van der Waals surface area contributed by atoms with Crippen LogP contribution >= 0.6 is 27.3 Å². The summed E-state index contributed by atoms with van der Waals surface area (Å²) in [6.45, 7) is 4.85. The maximum absolute atomic E-state index is 5.73. The molecule has 16 heavy (non-hydrogen) atoms. The Hall–Kier alpha value is -0.800. The van der Waals surface area contributed by atoms with E-state index in [1.807, 2.05) is 6.07 Å². The van der Waals surface area contributed by atoms with Gasteiger partial charge in [0.05, 0.1) is 0 Å². The van der Waals surface area contributed by atoms with Gasteiger partial charge in [-0.05, 0) is 59.1 Å². The van der Waals surface area contributed by atoms with Crippen molar-refractivity contribution in [2.75, 3.05) is 0 Å². The number of hydrogen-bond donors (Lipinski definition) is 0. The number of halogens is 1. The molecular formula is C13H13BrOS. The fourth-order valence-electron chi connectivity index (χ4n) is 1.39. The van der Waals surface area contributed by atoms with Crippen LogP contribution in [0.1, 0.15) is 16.0 Å². The minimum absolute atomic E-state index is 0.638. The molecule has 0 bridgehead atoms. The molecule has 0 atom stereocenters. The summed E-state index contributed by atoms with van der Waals surface area (Å²) in [6.07, 6.45) is 0. The van der Waals surface area contributed by atoms with Crippen molar-refractivity contribution in [3.63, 3.8) is 0 Å². The SMILES string of the molecule is Cc1ccc(OCc2cc(Br)cs2)cc1C. The van der Waals surface area contributed by atoms with Gasteiger partial charge in [-0.2, -0.15) is 0 Å². The van der Waals surface area contributed by atoms with E-state index in [0.717, 1.165) is 10.2 Å². The van der Waals surface area contributed by atoms with Crippen LogP contribution in [-0.4, -0.2) is 0 Å². The van der Waals surface area contributed by atoms with Gasteiger partial charge in [0, 0.05) is 14.7 Å². The van der Waals surface area contributed by atoms with E-state index in [-0.39, 0.29) is 0 Å². The molecule has 0 unspecified atom stereocenters. The monoisotopic (exact) mass is 296 g/mol. The van der Waals surface area contributed by atoms with Crippen LogP contribution in [0.4, 0.5) is 0 Å². The third-order valence-electron chi connectivity index (χ3n) is 2.48. The normalized spacial score (nSPS) is 10.4. The van der Waals surface area contributed by atoms with E-state index < -0.39 is 0 Å². The summed E-state index contributed by atoms with van der Waals surface area (Å²) in [4.78, 5) is 1.23. The zero-order valence-corrected chi connectivity index (χ0v) is 11.7. The van der Waals surface area contributed by atoms with Crippen LogP contribution in [0, 0.1) is 13.8 Å². The summed E-state index contributed by atoms with van der Waals surface area (Å²) in [5.74, 6) is 0.938. The van der Waals surface area contributed by atoms with E-state index >= 15 is 0 Å². The van der Waals surface area contributed by atoms with Crippen LogP contribution in [0.25, 0.3) is 0 Å². The number of ether oxygens (including phenoxy) is 1. The average Bonchev–Trinajstić information content (AvgIpc) is 2.66. The maximum atomic E-state index is 5.73. The number of aryl methyl sites for hydroxylation is 2. The molecule has 0 N–H and O–H groups in total. The first-order chi connectivity index (χ1) is 7.65. The molecule has 0 amide bonds. The Bertz CT molecular complexity index is 490. The van der Waals surface area contributed by atoms with Crippen molar-refractivity contribution in [3.05, 3.63) is 50.1 Å². The first-order valence-corrected chi connectivity index (χ1v) is 6.75. The Morgan fingerprint density at radius 2 is 2.00 bits per heavy atom. The van der Waals surface area contributed by atoms with Gasteiger partial charge in [-0.25, -0.2) is 0 Å². The van der Waals surface area contributed by atoms with E-state index in [0.29, 0.717) is 6.61 Å². The summed E-state index contributed by atoms with van der Waals surface area (Å²) in [5, 5.41) is 2.07. The zero-order chi connectivity index (χ0) is 11.5. The van der Waals surface area contributed by atoms with Crippen molar-refractivity contribution in [2.45, 2.75) is 20.5 Å². The lowest BCUT2D eigenvalue weighted by Crippen LogP contribution is -1.93. The van der Waals surface area contributed by atoms with E-state index in [1.165, 1.54) is 16.0 Å². The third kappa shape index (κ3) is 2.86. The second-order valence-electron chi connectivity index (χ2n) is 3.77. The number of hydrogen-bond acceptors (Lipinski definition) is 2. The lowest BCUT2D eigenvalue weighted by Gasteiger charge is -2.06. The van der Waals surface area contributed by atoms with Gasteiger partial charge >= 0.3 is 0 Å². The topological polar surface area (TPSA) is 9.23 Å². The van der Waals surface area contributed by atoms with Crippen LogP contribution in [0.2, 0.25) is 0 Å². The molecular weight excluding hydrogens is 284 g/mol. The molecule has 0 saturated heterocycles. The Balaban J connectivity index is 2.02. The van der Waals surface area contributed by atoms with Gasteiger partial charge in [-0.1, -0.05) is 6.07 Å². The van der Waals surface area contributed by atoms with E-state index in [2.05, 4.69) is 53.4 Å². The first kappa shape index (κ1) is 11.7. The van der Waals surface area contributed by atoms with Crippen molar-refractivity contribution in [3.8, 4) is 5.75 Å². The highest BCUT2D eigenvalue weighted by atomic mass is 79.9. The van der Waals surface area contributed by atoms with Crippen molar-refractivity contribution < 1.29 is 4.74 Å². The van der Waals surface area contributed by atoms with Gasteiger partial charge in [0.15, 0.2) is 0 Å². The molecule has 2 rings (SSSR count). The van der Waals surface area contributed by atoms with Crippen LogP contribution in [0.3, 0.4) is 0 Å². The molecule has 0 aliphatic heterocycles. The number of thiophene rings is 1. The lowest BCUT2D eigenvalue weighted by molar-refractivity contribution is 0.309. The van der Waals surface area contributed by atoms with E-state index in [1.54, 1.807) is 11.3 Å². The summed E-state index contributed by atoms with van der Waals surface area (Å²) >= 11 is 5.14. The van der Waals surface area contributed by atoms with Gasteiger partial charge < -0.3 is 4.74 Å². The first-order valence-electron chi connectivity index (χ1n) is 5.08. The molecule has 3 heteroatoms. The van der Waals surface area contributed by atoms with Crippen molar-refractivity contribution in [1.82, 2.24) is 0 Å². The minimum Gasteiger partial charge on any atom is -0.488 e. The molecule has 1 nitrogen and oxygen atoms in total. The number of benzene rings is 1. The predicted octanol–water partition coefficient (Wildman–Crippen LogP) is 4.71. The van der Waals surface area contributed by atoms with E-state index in [4.69, 9.17) is 4.74 Å². The van der Waals surface area contributed by atoms with Gasteiger partial charge in [0.1, 0.15) is 12.4 Å². The Morgan fingerprint density at radius 1 is 1.19 bits per heavy atom. The van der Waals surface area contributed by atoms with Crippen LogP contribution < -0.4 is 4.74 Å². The molecule has 0 aliphatic rings. The highest BCUT2D eigenvalue weighted by Gasteiger charge is 2.00. The molecule has 1 heterocycles. The second kappa shape index (κ2) is 5.02. The Kier molecular flexibility index (Phi) is 3.66. The van der Waals surface area contributed by atoms with Gasteiger partial charge in [0.2, 0.25) is 0 Å². The fraction of sp³-hybridized carbons (Fsp3) is 0.231. The van der Waals surface area contributed by atoms with Gasteiger partial charge in [-0.15, -0.1) is 11.3 Å². The summed E-state index contributed by atoms with van der Waals surface area (Å²) < 4.78 is 6.85. The quantitative estimate of drug-likeness (QED) is 0.797. The standard InChI is InChI=1S/C13H13BrOS/c1-9-3-4-12(5-10(9)2)15-7-13-6-11(14)8-16-13/h3-6,8H,7H2,1-2H3. The highest BCUT2D eigenvalue weighted by molar-refractivity contribution is 9.10. The largest absolute Gasteiger partial charge is 0.488 e. The van der Waals surface area contributed by atoms with E-state index in [9.17, 15) is 0 Å². The summed E-state index contributed by atoms with van der Waals surface area (Å²) in [7, 11) is 0. The summed E-state index contributed by atoms with van der Waals surface area (Å²) in [6, 6.07) is 8.28. The molecule has 2 aromatic rings. The van der Waals surface area contributed by atoms with Crippen LogP contribution in [-0.2, 0) is 6.61 Å². The molecule has 84 valence electrons. The minimum atomic E-state index is 0.638. The zero-order valence-electron chi connectivity index (χ0n) is 9.29. The maximum Gasteiger partial charge on any atom is 0.122 e. The molecule has 0 aliphatic carbocycles.